The van der Waals surface area contributed by atoms with Gasteiger partial charge in [-0.15, -0.1) is 0 Å². The van der Waals surface area contributed by atoms with E-state index in [1.165, 1.54) is 0 Å². The van der Waals surface area contributed by atoms with Crippen LogP contribution in [0.3, 0.4) is 0 Å². The van der Waals surface area contributed by atoms with E-state index in [1.54, 1.807) is 13.3 Å². The molecule has 0 radical (unpaired) electrons. The summed E-state index contributed by atoms with van der Waals surface area (Å²) >= 11 is 0. The lowest BCUT2D eigenvalue weighted by molar-refractivity contribution is -0.119. The molecule has 0 bridgehead atoms. The van der Waals surface area contributed by atoms with Crippen molar-refractivity contribution in [3.8, 4) is 5.75 Å². The van der Waals surface area contributed by atoms with E-state index in [1.807, 2.05) is 4.68 Å². The molecule has 0 spiro atoms. The largest absolute Gasteiger partial charge is 0.493 e. The molecule has 1 aliphatic rings. The van der Waals surface area contributed by atoms with Crippen molar-refractivity contribution >= 4 is 5.78 Å². The molecule has 1 heterocycles. The van der Waals surface area contributed by atoms with Crippen molar-refractivity contribution in [3.63, 3.8) is 0 Å². The molecule has 5 heteroatoms. The van der Waals surface area contributed by atoms with Gasteiger partial charge in [0.1, 0.15) is 5.78 Å². The van der Waals surface area contributed by atoms with Gasteiger partial charge < -0.3 is 9.64 Å². The molecule has 1 fully saturated rings. The summed E-state index contributed by atoms with van der Waals surface area (Å²) < 4.78 is 7.47. The summed E-state index contributed by atoms with van der Waals surface area (Å²) in [6.07, 6.45) is 6.31. The Hall–Kier alpha value is -1.36. The highest BCUT2D eigenvalue weighted by molar-refractivity contribution is 5.79. The van der Waals surface area contributed by atoms with Gasteiger partial charge in [-0.05, 0) is 26.9 Å². The fraction of sp³-hybridized carbons (Fsp3) is 0.733. The van der Waals surface area contributed by atoms with Gasteiger partial charge in [-0.1, -0.05) is 6.42 Å². The minimum atomic E-state index is 0.254. The molecule has 0 aromatic carbocycles. The Labute approximate surface area is 120 Å². The van der Waals surface area contributed by atoms with Gasteiger partial charge in [0.2, 0.25) is 0 Å². The number of likely N-dealkylation sites (N-methyl/N-ethyl adjacent to an activating group) is 1. The summed E-state index contributed by atoms with van der Waals surface area (Å²) in [5, 5.41) is 4.44. The number of nitrogens with zero attached hydrogens (tertiary/aromatic N) is 3. The molecule has 1 aromatic rings. The summed E-state index contributed by atoms with van der Waals surface area (Å²) in [5.41, 5.74) is 1.10. The number of hydrogen-bond acceptors (Lipinski definition) is 4. The van der Waals surface area contributed by atoms with Crippen LogP contribution in [0.4, 0.5) is 0 Å². The smallest absolute Gasteiger partial charge is 0.160 e. The van der Waals surface area contributed by atoms with Gasteiger partial charge in [0.25, 0.3) is 0 Å². The molecular formula is C15H25N3O2. The predicted octanol–water partition coefficient (Wildman–Crippen LogP) is 2.07. The first-order chi connectivity index (χ1) is 9.61. The molecule has 1 saturated carbocycles. The van der Waals surface area contributed by atoms with E-state index in [9.17, 15) is 4.79 Å². The van der Waals surface area contributed by atoms with Crippen LogP contribution < -0.4 is 4.74 Å². The van der Waals surface area contributed by atoms with Crippen LogP contribution >= 0.6 is 0 Å². The predicted molar refractivity (Wildman–Crippen MR) is 78.2 cm³/mol. The molecule has 1 unspecified atom stereocenters. The lowest BCUT2D eigenvalue weighted by atomic mass is 9.95. The van der Waals surface area contributed by atoms with Crippen molar-refractivity contribution in [3.05, 3.63) is 11.9 Å². The van der Waals surface area contributed by atoms with E-state index in [0.29, 0.717) is 12.2 Å². The summed E-state index contributed by atoms with van der Waals surface area (Å²) in [4.78, 5) is 14.0. The van der Waals surface area contributed by atoms with E-state index >= 15 is 0 Å². The second-order valence-electron chi connectivity index (χ2n) is 5.81. The molecule has 20 heavy (non-hydrogen) atoms. The van der Waals surface area contributed by atoms with Crippen molar-refractivity contribution in [1.82, 2.24) is 14.7 Å². The van der Waals surface area contributed by atoms with Crippen molar-refractivity contribution < 1.29 is 9.53 Å². The van der Waals surface area contributed by atoms with Gasteiger partial charge in [-0.3, -0.25) is 9.48 Å². The molecule has 1 aliphatic carbocycles. The molecule has 1 atom stereocenters. The first kappa shape index (κ1) is 15.0. The Morgan fingerprint density at radius 1 is 1.45 bits per heavy atom. The van der Waals surface area contributed by atoms with Gasteiger partial charge in [0, 0.05) is 25.3 Å². The van der Waals surface area contributed by atoms with Crippen LogP contribution in [-0.2, 0) is 11.3 Å². The zero-order chi connectivity index (χ0) is 14.5. The second-order valence-corrected chi connectivity index (χ2v) is 5.81. The molecule has 0 aliphatic heterocycles. The Morgan fingerprint density at radius 3 is 2.95 bits per heavy atom. The molecule has 1 aromatic heterocycles. The summed E-state index contributed by atoms with van der Waals surface area (Å²) in [6.45, 7) is 1.76. The third kappa shape index (κ3) is 3.60. The van der Waals surface area contributed by atoms with E-state index in [2.05, 4.69) is 24.1 Å². The maximum absolute atomic E-state index is 11.9. The Balaban J connectivity index is 2.22. The lowest BCUT2D eigenvalue weighted by Gasteiger charge is -2.18. The maximum atomic E-state index is 11.9. The third-order valence-corrected chi connectivity index (χ3v) is 3.94. The number of carbonyl (C=O) groups is 1. The first-order valence-electron chi connectivity index (χ1n) is 7.38. The molecule has 5 nitrogen and oxygen atoms in total. The summed E-state index contributed by atoms with van der Waals surface area (Å²) in [6, 6.07) is 0. The zero-order valence-electron chi connectivity index (χ0n) is 12.8. The van der Waals surface area contributed by atoms with Crippen molar-refractivity contribution in [1.29, 1.82) is 0 Å². The number of ether oxygens (including phenoxy) is 1. The van der Waals surface area contributed by atoms with E-state index in [4.69, 9.17) is 4.74 Å². The average Bonchev–Trinajstić information content (AvgIpc) is 2.71. The SMILES string of the molecule is COc1cnn(CCN(C)C)c1C1CCCCC(=O)C1. The minimum Gasteiger partial charge on any atom is -0.493 e. The van der Waals surface area contributed by atoms with Crippen LogP contribution in [-0.4, -0.2) is 48.2 Å². The molecule has 0 saturated heterocycles. The highest BCUT2D eigenvalue weighted by Gasteiger charge is 2.26. The molecule has 0 amide bonds. The van der Waals surface area contributed by atoms with Crippen LogP contribution in [0, 0.1) is 0 Å². The molecule has 0 N–H and O–H groups in total. The fourth-order valence-electron chi connectivity index (χ4n) is 2.85. The number of methoxy groups -OCH3 is 1. The number of hydrogen-bond donors (Lipinski definition) is 0. The quantitative estimate of drug-likeness (QED) is 0.774. The number of rotatable bonds is 5. The Bertz CT molecular complexity index is 454. The normalized spacial score (nSPS) is 20.2. The van der Waals surface area contributed by atoms with Gasteiger partial charge in [0.15, 0.2) is 5.75 Å². The highest BCUT2D eigenvalue weighted by atomic mass is 16.5. The van der Waals surface area contributed by atoms with Gasteiger partial charge >= 0.3 is 0 Å². The van der Waals surface area contributed by atoms with Crippen molar-refractivity contribution in [2.24, 2.45) is 0 Å². The lowest BCUT2D eigenvalue weighted by Crippen LogP contribution is -2.21. The Kier molecular flexibility index (Phi) is 5.17. The number of ketones is 1. The van der Waals surface area contributed by atoms with Crippen LogP contribution in [0.1, 0.15) is 43.7 Å². The standard InChI is InChI=1S/C15H25N3O2/c1-17(2)8-9-18-15(14(20-3)11-16-18)12-6-4-5-7-13(19)10-12/h11-12H,4-10H2,1-3H3. The van der Waals surface area contributed by atoms with Crippen LogP contribution in [0.25, 0.3) is 0 Å². The summed E-state index contributed by atoms with van der Waals surface area (Å²) in [5.74, 6) is 1.45. The number of Topliss-reactive ketones (excluding diaryl/α,β-unsaturated/α-hetero) is 1. The monoisotopic (exact) mass is 279 g/mol. The minimum absolute atomic E-state index is 0.254. The third-order valence-electron chi connectivity index (χ3n) is 3.94. The highest BCUT2D eigenvalue weighted by Crippen LogP contribution is 2.35. The van der Waals surface area contributed by atoms with Crippen LogP contribution in [0.5, 0.6) is 5.75 Å². The van der Waals surface area contributed by atoms with E-state index < -0.39 is 0 Å². The van der Waals surface area contributed by atoms with Gasteiger partial charge in [-0.2, -0.15) is 5.10 Å². The topological polar surface area (TPSA) is 47.4 Å². The number of carbonyl (C=O) groups excluding carboxylic acids is 1. The van der Waals surface area contributed by atoms with Crippen molar-refractivity contribution in [2.45, 2.75) is 44.6 Å². The fourth-order valence-corrected chi connectivity index (χ4v) is 2.85. The second kappa shape index (κ2) is 6.88. The zero-order valence-corrected chi connectivity index (χ0v) is 12.8. The first-order valence-corrected chi connectivity index (χ1v) is 7.38. The molecule has 112 valence electrons. The van der Waals surface area contributed by atoms with E-state index in [-0.39, 0.29) is 5.92 Å². The molecular weight excluding hydrogens is 254 g/mol. The van der Waals surface area contributed by atoms with Gasteiger partial charge in [0.05, 0.1) is 25.5 Å². The molecule has 2 rings (SSSR count). The summed E-state index contributed by atoms with van der Waals surface area (Å²) in [7, 11) is 5.78. The van der Waals surface area contributed by atoms with Crippen LogP contribution in [0.15, 0.2) is 6.20 Å². The number of aromatic nitrogens is 2. The maximum Gasteiger partial charge on any atom is 0.160 e. The van der Waals surface area contributed by atoms with E-state index in [0.717, 1.165) is 50.2 Å². The average molecular weight is 279 g/mol. The Morgan fingerprint density at radius 2 is 2.25 bits per heavy atom. The van der Waals surface area contributed by atoms with Crippen molar-refractivity contribution in [2.75, 3.05) is 27.7 Å². The van der Waals surface area contributed by atoms with Gasteiger partial charge in [-0.25, -0.2) is 0 Å². The van der Waals surface area contributed by atoms with Crippen LogP contribution in [0.2, 0.25) is 0 Å².